The summed E-state index contributed by atoms with van der Waals surface area (Å²) >= 11 is 3.76. The Kier molecular flexibility index (Phi) is 9.11. The molecular weight excluding hydrogens is 434 g/mol. The van der Waals surface area contributed by atoms with E-state index in [0.29, 0.717) is 16.2 Å². The molecule has 1 amide bonds. The van der Waals surface area contributed by atoms with Gasteiger partial charge in [0.2, 0.25) is 5.91 Å². The number of hydrogen-bond acceptors (Lipinski definition) is 4. The molecule has 0 aromatic heterocycles. The van der Waals surface area contributed by atoms with Crippen LogP contribution in [0.2, 0.25) is 0 Å². The zero-order valence-electron chi connectivity index (χ0n) is 21.5. The van der Waals surface area contributed by atoms with Gasteiger partial charge in [0.25, 0.3) is 0 Å². The molecule has 3 atom stereocenters. The second-order valence-corrected chi connectivity index (χ2v) is 14.7. The summed E-state index contributed by atoms with van der Waals surface area (Å²) in [6.45, 7) is 17.2. The van der Waals surface area contributed by atoms with Gasteiger partial charge in [0.05, 0.1) is 4.75 Å². The van der Waals surface area contributed by atoms with Gasteiger partial charge in [-0.15, -0.1) is 23.5 Å². The second-order valence-electron chi connectivity index (χ2n) is 11.7. The molecule has 0 spiro atoms. The van der Waals surface area contributed by atoms with Crippen molar-refractivity contribution in [3.05, 3.63) is 23.3 Å². The summed E-state index contributed by atoms with van der Waals surface area (Å²) in [4.78, 5) is 13.6. The lowest BCUT2D eigenvalue weighted by Gasteiger charge is -2.37. The number of carbonyl (C=O) groups excluding carboxylic acids is 1. The van der Waals surface area contributed by atoms with Crippen LogP contribution in [-0.2, 0) is 15.6 Å². The molecule has 5 heteroatoms. The highest BCUT2D eigenvalue weighted by molar-refractivity contribution is 8.05. The average Bonchev–Trinajstić information content (AvgIpc) is 2.67. The first-order valence-corrected chi connectivity index (χ1v) is 14.0. The highest BCUT2D eigenvalue weighted by Gasteiger charge is 2.38. The fraction of sp³-hybridized carbons (Fsp3) is 0.741. The minimum absolute atomic E-state index is 0.133. The topological polar surface area (TPSA) is 63.3 Å². The molecule has 1 aromatic rings. The minimum Gasteiger partial charge on any atom is -0.507 e. The highest BCUT2D eigenvalue weighted by Crippen LogP contribution is 2.48. The number of phenolic OH excluding ortho intramolecular Hbond substituents is 1. The van der Waals surface area contributed by atoms with Gasteiger partial charge in [-0.1, -0.05) is 74.1 Å². The Bertz CT molecular complexity index is 759. The molecule has 2 rings (SSSR count). The standard InChI is InChI=1S/C27H45NO2S2/c1-9-10-15-27(8,24(28)30)32-22-14-12-11-13-21(22)31-18-16-19(25(2,3)4)23(29)20(17-18)26(5,6)7/h16-17,21-22,29H,9-15H2,1-8H3,(H2,28,30). The Morgan fingerprint density at radius 1 is 1.00 bits per heavy atom. The molecule has 32 heavy (non-hydrogen) atoms. The van der Waals surface area contributed by atoms with Crippen LogP contribution in [0.25, 0.3) is 0 Å². The van der Waals surface area contributed by atoms with E-state index in [4.69, 9.17) is 5.73 Å². The second kappa shape index (κ2) is 10.6. The molecule has 1 aliphatic carbocycles. The number of rotatable bonds is 8. The van der Waals surface area contributed by atoms with Crippen molar-refractivity contribution in [1.82, 2.24) is 0 Å². The van der Waals surface area contributed by atoms with Gasteiger partial charge in [-0.25, -0.2) is 0 Å². The van der Waals surface area contributed by atoms with E-state index in [-0.39, 0.29) is 16.7 Å². The normalized spacial score (nSPS) is 21.9. The van der Waals surface area contributed by atoms with Crippen molar-refractivity contribution in [2.24, 2.45) is 5.73 Å². The molecule has 0 saturated heterocycles. The van der Waals surface area contributed by atoms with E-state index in [9.17, 15) is 9.90 Å². The lowest BCUT2D eigenvalue weighted by molar-refractivity contribution is -0.120. The van der Waals surface area contributed by atoms with Crippen LogP contribution in [0.15, 0.2) is 17.0 Å². The molecule has 3 N–H and O–H groups in total. The van der Waals surface area contributed by atoms with E-state index >= 15 is 0 Å². The third-order valence-corrected chi connectivity index (χ3v) is 9.91. The molecule has 0 radical (unpaired) electrons. The van der Waals surface area contributed by atoms with E-state index in [1.165, 1.54) is 17.7 Å². The number of nitrogens with two attached hydrogens (primary N) is 1. The summed E-state index contributed by atoms with van der Waals surface area (Å²) < 4.78 is -0.501. The maximum atomic E-state index is 12.4. The van der Waals surface area contributed by atoms with Crippen molar-refractivity contribution in [3.63, 3.8) is 0 Å². The van der Waals surface area contributed by atoms with Crippen LogP contribution in [0, 0.1) is 0 Å². The average molecular weight is 480 g/mol. The molecule has 1 aromatic carbocycles. The smallest absolute Gasteiger partial charge is 0.233 e. The van der Waals surface area contributed by atoms with Crippen molar-refractivity contribution in [3.8, 4) is 5.75 Å². The highest BCUT2D eigenvalue weighted by atomic mass is 32.2. The Balaban J connectivity index is 2.37. The van der Waals surface area contributed by atoms with Crippen LogP contribution in [0.3, 0.4) is 0 Å². The van der Waals surface area contributed by atoms with Crippen molar-refractivity contribution >= 4 is 29.4 Å². The Labute approximate surface area is 205 Å². The number of unbranched alkanes of at least 4 members (excludes halogenated alkanes) is 1. The van der Waals surface area contributed by atoms with Crippen LogP contribution < -0.4 is 5.73 Å². The van der Waals surface area contributed by atoms with Crippen LogP contribution in [0.4, 0.5) is 0 Å². The Morgan fingerprint density at radius 2 is 1.50 bits per heavy atom. The first-order valence-electron chi connectivity index (χ1n) is 12.2. The maximum Gasteiger partial charge on any atom is 0.233 e. The molecule has 3 nitrogen and oxygen atoms in total. The molecule has 182 valence electrons. The molecule has 0 heterocycles. The zero-order valence-corrected chi connectivity index (χ0v) is 23.1. The van der Waals surface area contributed by atoms with E-state index in [0.717, 1.165) is 43.2 Å². The number of primary amides is 1. The van der Waals surface area contributed by atoms with Crippen molar-refractivity contribution < 1.29 is 9.90 Å². The van der Waals surface area contributed by atoms with E-state index < -0.39 is 4.75 Å². The number of thioether (sulfide) groups is 2. The van der Waals surface area contributed by atoms with Crippen LogP contribution in [0.5, 0.6) is 5.75 Å². The summed E-state index contributed by atoms with van der Waals surface area (Å²) in [6.07, 6.45) is 7.68. The van der Waals surface area contributed by atoms with E-state index in [2.05, 4.69) is 60.6 Å². The Morgan fingerprint density at radius 3 is 1.94 bits per heavy atom. The molecule has 0 aliphatic heterocycles. The molecule has 3 unspecified atom stereocenters. The predicted molar refractivity (Wildman–Crippen MR) is 142 cm³/mol. The molecule has 1 saturated carbocycles. The Hall–Kier alpha value is -0.810. The van der Waals surface area contributed by atoms with Gasteiger partial charge >= 0.3 is 0 Å². The summed E-state index contributed by atoms with van der Waals surface area (Å²) in [6, 6.07) is 4.38. The largest absolute Gasteiger partial charge is 0.507 e. The van der Waals surface area contributed by atoms with Gasteiger partial charge in [-0.3, -0.25) is 4.79 Å². The van der Waals surface area contributed by atoms with Gasteiger partial charge < -0.3 is 10.8 Å². The van der Waals surface area contributed by atoms with Crippen molar-refractivity contribution in [2.45, 2.75) is 131 Å². The van der Waals surface area contributed by atoms with Gasteiger partial charge in [0.1, 0.15) is 5.75 Å². The summed E-state index contributed by atoms with van der Waals surface area (Å²) in [7, 11) is 0. The van der Waals surface area contributed by atoms with Crippen LogP contribution in [-0.4, -0.2) is 26.3 Å². The number of hydrogen-bond donors (Lipinski definition) is 2. The lowest BCUT2D eigenvalue weighted by atomic mass is 9.79. The first-order chi connectivity index (χ1) is 14.7. The number of benzene rings is 1. The number of carbonyl (C=O) groups is 1. The van der Waals surface area contributed by atoms with Crippen molar-refractivity contribution in [1.29, 1.82) is 0 Å². The van der Waals surface area contributed by atoms with Crippen LogP contribution in [0.1, 0.15) is 111 Å². The fourth-order valence-corrected chi connectivity index (χ4v) is 7.66. The quantitative estimate of drug-likeness (QED) is 0.404. The molecule has 1 aliphatic rings. The predicted octanol–water partition coefficient (Wildman–Crippen LogP) is 7.56. The van der Waals surface area contributed by atoms with Gasteiger partial charge in [0, 0.05) is 26.5 Å². The van der Waals surface area contributed by atoms with Gasteiger partial charge in [-0.2, -0.15) is 0 Å². The third-order valence-electron chi connectivity index (χ3n) is 6.57. The summed E-state index contributed by atoms with van der Waals surface area (Å²) in [5.74, 6) is 0.254. The maximum absolute atomic E-state index is 12.4. The van der Waals surface area contributed by atoms with Gasteiger partial charge in [0.15, 0.2) is 0 Å². The SMILES string of the molecule is CCCCC(C)(SC1CCCCC1Sc1cc(C(C)(C)C)c(O)c(C(C)(C)C)c1)C(N)=O. The molecule has 1 fully saturated rings. The number of aromatic hydroxyl groups is 1. The molecular formula is C27H45NO2S2. The summed E-state index contributed by atoms with van der Waals surface area (Å²) in [5.41, 5.74) is 7.64. The minimum atomic E-state index is -0.501. The van der Waals surface area contributed by atoms with Crippen molar-refractivity contribution in [2.75, 3.05) is 0 Å². The lowest BCUT2D eigenvalue weighted by Crippen LogP contribution is -2.41. The molecule has 0 bridgehead atoms. The first kappa shape index (κ1) is 27.4. The third kappa shape index (κ3) is 6.85. The fourth-order valence-electron chi connectivity index (χ4n) is 4.42. The van der Waals surface area contributed by atoms with Crippen LogP contribution >= 0.6 is 23.5 Å². The van der Waals surface area contributed by atoms with E-state index in [1.807, 2.05) is 30.4 Å². The number of amides is 1. The number of phenols is 1. The van der Waals surface area contributed by atoms with Gasteiger partial charge in [-0.05, 0) is 49.1 Å². The monoisotopic (exact) mass is 479 g/mol. The van der Waals surface area contributed by atoms with E-state index in [1.54, 1.807) is 0 Å². The summed E-state index contributed by atoms with van der Waals surface area (Å²) in [5, 5.41) is 11.9. The zero-order chi connectivity index (χ0) is 24.3.